The van der Waals surface area contributed by atoms with Crippen molar-refractivity contribution in [3.63, 3.8) is 0 Å². The van der Waals surface area contributed by atoms with Crippen molar-refractivity contribution in [2.45, 2.75) is 13.8 Å². The molecule has 112 valence electrons. The summed E-state index contributed by atoms with van der Waals surface area (Å²) in [5.74, 6) is 0.00474. The van der Waals surface area contributed by atoms with Crippen LogP contribution in [0.1, 0.15) is 24.2 Å². The summed E-state index contributed by atoms with van der Waals surface area (Å²) in [6, 6.07) is 7.82. The maximum Gasteiger partial charge on any atom is 0.251 e. The number of carbonyl (C=O) groups excluding carboxylic acids is 1. The van der Waals surface area contributed by atoms with Crippen molar-refractivity contribution in [2.24, 2.45) is 0 Å². The van der Waals surface area contributed by atoms with Gasteiger partial charge in [-0.25, -0.2) is 0 Å². The van der Waals surface area contributed by atoms with Gasteiger partial charge in [0.15, 0.2) is 0 Å². The molecule has 0 aromatic heterocycles. The molecule has 1 amide bonds. The summed E-state index contributed by atoms with van der Waals surface area (Å²) in [5.41, 5.74) is 1.91. The van der Waals surface area contributed by atoms with Gasteiger partial charge < -0.3 is 10.2 Å². The van der Waals surface area contributed by atoms with E-state index < -0.39 is 0 Å². The second kappa shape index (κ2) is 7.41. The van der Waals surface area contributed by atoms with E-state index in [2.05, 4.69) is 45.2 Å². The molecule has 0 unspecified atom stereocenters. The minimum absolute atomic E-state index is 0.00474. The Hall–Kier alpha value is -1.39. The second-order valence-electron chi connectivity index (χ2n) is 5.84. The maximum atomic E-state index is 12.0. The Kier molecular flexibility index (Phi) is 6.17. The molecule has 4 heteroatoms. The zero-order valence-corrected chi connectivity index (χ0v) is 13.4. The van der Waals surface area contributed by atoms with Gasteiger partial charge in [-0.1, -0.05) is 13.8 Å². The highest BCUT2D eigenvalue weighted by molar-refractivity contribution is 5.94. The van der Waals surface area contributed by atoms with Crippen molar-refractivity contribution >= 4 is 11.6 Å². The van der Waals surface area contributed by atoms with Gasteiger partial charge in [-0.2, -0.15) is 0 Å². The molecule has 0 bridgehead atoms. The standard InChI is InChI=1S/C16H27N3O/c1-6-18(7-2)13-12-17-16(20)14-8-10-15(11-9-14)19(3,4)5/h8-11H,6-7,12-13H2,1-5H3/p+1. The van der Waals surface area contributed by atoms with E-state index in [-0.39, 0.29) is 5.91 Å². The quantitative estimate of drug-likeness (QED) is 0.773. The second-order valence-corrected chi connectivity index (χ2v) is 5.84. The van der Waals surface area contributed by atoms with Gasteiger partial charge in [0.25, 0.3) is 5.91 Å². The van der Waals surface area contributed by atoms with Crippen LogP contribution in [0.25, 0.3) is 0 Å². The number of nitrogens with one attached hydrogen (secondary N) is 1. The van der Waals surface area contributed by atoms with Crippen molar-refractivity contribution in [3.05, 3.63) is 29.8 Å². The fourth-order valence-corrected chi connectivity index (χ4v) is 2.03. The molecular weight excluding hydrogens is 250 g/mol. The zero-order chi connectivity index (χ0) is 15.2. The summed E-state index contributed by atoms with van der Waals surface area (Å²) in [6.45, 7) is 7.89. The van der Waals surface area contributed by atoms with Gasteiger partial charge in [-0.15, -0.1) is 0 Å². The number of benzene rings is 1. The summed E-state index contributed by atoms with van der Waals surface area (Å²) in [4.78, 5) is 14.3. The van der Waals surface area contributed by atoms with E-state index in [1.807, 2.05) is 24.3 Å². The molecule has 1 rings (SSSR count). The predicted molar refractivity (Wildman–Crippen MR) is 86.1 cm³/mol. The van der Waals surface area contributed by atoms with Crippen LogP contribution in [-0.2, 0) is 0 Å². The first-order valence-electron chi connectivity index (χ1n) is 7.31. The van der Waals surface area contributed by atoms with E-state index in [0.29, 0.717) is 6.54 Å². The molecule has 0 aliphatic rings. The topological polar surface area (TPSA) is 32.3 Å². The van der Waals surface area contributed by atoms with Gasteiger partial charge in [0, 0.05) is 18.7 Å². The Labute approximate surface area is 123 Å². The Morgan fingerprint density at radius 2 is 1.65 bits per heavy atom. The van der Waals surface area contributed by atoms with Gasteiger partial charge in [0.05, 0.1) is 21.1 Å². The molecule has 0 aliphatic carbocycles. The van der Waals surface area contributed by atoms with Gasteiger partial charge in [-0.3, -0.25) is 9.28 Å². The first-order valence-corrected chi connectivity index (χ1v) is 7.31. The van der Waals surface area contributed by atoms with Crippen LogP contribution in [-0.4, -0.2) is 58.1 Å². The number of quaternary nitrogens is 1. The maximum absolute atomic E-state index is 12.0. The highest BCUT2D eigenvalue weighted by Crippen LogP contribution is 2.17. The van der Waals surface area contributed by atoms with Crippen LogP contribution in [0.5, 0.6) is 0 Å². The van der Waals surface area contributed by atoms with Crippen molar-refractivity contribution in [1.82, 2.24) is 14.7 Å². The Balaban J connectivity index is 2.52. The SMILES string of the molecule is CCN(CC)CCNC(=O)c1ccc([N+](C)(C)C)cc1. The fraction of sp³-hybridized carbons (Fsp3) is 0.562. The van der Waals surface area contributed by atoms with E-state index in [4.69, 9.17) is 0 Å². The van der Waals surface area contributed by atoms with E-state index in [9.17, 15) is 4.79 Å². The summed E-state index contributed by atoms with van der Waals surface area (Å²) < 4.78 is 0.754. The fourth-order valence-electron chi connectivity index (χ4n) is 2.03. The van der Waals surface area contributed by atoms with Crippen LogP contribution >= 0.6 is 0 Å². The number of likely N-dealkylation sites (N-methyl/N-ethyl adjacent to an activating group) is 1. The average molecular weight is 278 g/mol. The highest BCUT2D eigenvalue weighted by Gasteiger charge is 2.13. The van der Waals surface area contributed by atoms with Crippen LogP contribution in [0.4, 0.5) is 5.69 Å². The molecule has 1 aromatic carbocycles. The Morgan fingerprint density at radius 1 is 1.10 bits per heavy atom. The number of nitrogens with zero attached hydrogens (tertiary/aromatic N) is 2. The average Bonchev–Trinajstić information content (AvgIpc) is 2.42. The minimum atomic E-state index is 0.00474. The molecule has 0 aliphatic heterocycles. The van der Waals surface area contributed by atoms with Crippen LogP contribution in [0.2, 0.25) is 0 Å². The summed E-state index contributed by atoms with van der Waals surface area (Å²) in [6.07, 6.45) is 0. The van der Waals surface area contributed by atoms with E-state index in [1.165, 1.54) is 5.69 Å². The lowest BCUT2D eigenvalue weighted by Crippen LogP contribution is -2.35. The van der Waals surface area contributed by atoms with Gasteiger partial charge in [0.1, 0.15) is 5.69 Å². The molecule has 0 fully saturated rings. The van der Waals surface area contributed by atoms with Gasteiger partial charge >= 0.3 is 0 Å². The van der Waals surface area contributed by atoms with Crippen LogP contribution < -0.4 is 9.80 Å². The number of amides is 1. The first-order chi connectivity index (χ1) is 9.38. The molecule has 0 radical (unpaired) electrons. The van der Waals surface area contributed by atoms with Crippen molar-refractivity contribution in [3.8, 4) is 0 Å². The third-order valence-electron chi connectivity index (χ3n) is 3.51. The molecule has 20 heavy (non-hydrogen) atoms. The Bertz CT molecular complexity index is 416. The molecular formula is C16H28N3O+. The number of hydrogen-bond donors (Lipinski definition) is 1. The lowest BCUT2D eigenvalue weighted by molar-refractivity contribution is 0.0949. The van der Waals surface area contributed by atoms with Crippen molar-refractivity contribution < 1.29 is 4.79 Å². The third-order valence-corrected chi connectivity index (χ3v) is 3.51. The summed E-state index contributed by atoms with van der Waals surface area (Å²) in [7, 11) is 6.33. The van der Waals surface area contributed by atoms with Crippen LogP contribution in [0.15, 0.2) is 24.3 Å². The van der Waals surface area contributed by atoms with Gasteiger partial charge in [0.2, 0.25) is 0 Å². The van der Waals surface area contributed by atoms with E-state index in [0.717, 1.165) is 29.7 Å². The van der Waals surface area contributed by atoms with Crippen molar-refractivity contribution in [1.29, 1.82) is 0 Å². The predicted octanol–water partition coefficient (Wildman–Crippen LogP) is 1.95. The van der Waals surface area contributed by atoms with Gasteiger partial charge in [-0.05, 0) is 37.4 Å². The van der Waals surface area contributed by atoms with Crippen LogP contribution in [0, 0.1) is 0 Å². The largest absolute Gasteiger partial charge is 0.351 e. The molecule has 0 saturated heterocycles. The number of rotatable bonds is 7. The summed E-state index contributed by atoms with van der Waals surface area (Å²) in [5, 5.41) is 2.97. The molecule has 1 N–H and O–H groups in total. The van der Waals surface area contributed by atoms with E-state index in [1.54, 1.807) is 0 Å². The lowest BCUT2D eigenvalue weighted by atomic mass is 10.1. The zero-order valence-electron chi connectivity index (χ0n) is 13.4. The van der Waals surface area contributed by atoms with Crippen LogP contribution in [0.3, 0.4) is 0 Å². The normalized spacial score (nSPS) is 11.7. The first kappa shape index (κ1) is 16.7. The third kappa shape index (κ3) is 4.94. The molecule has 1 aromatic rings. The minimum Gasteiger partial charge on any atom is -0.351 e. The smallest absolute Gasteiger partial charge is 0.251 e. The molecule has 4 nitrogen and oxygen atoms in total. The lowest BCUT2D eigenvalue weighted by Gasteiger charge is -2.23. The number of carbonyl (C=O) groups is 1. The molecule has 0 atom stereocenters. The molecule has 0 spiro atoms. The summed E-state index contributed by atoms with van der Waals surface area (Å²) >= 11 is 0. The Morgan fingerprint density at radius 3 is 2.10 bits per heavy atom. The molecule has 0 saturated carbocycles. The highest BCUT2D eigenvalue weighted by atomic mass is 16.1. The molecule has 0 heterocycles. The number of hydrogen-bond acceptors (Lipinski definition) is 2. The van der Waals surface area contributed by atoms with Crippen molar-refractivity contribution in [2.75, 3.05) is 47.3 Å². The monoisotopic (exact) mass is 278 g/mol. The van der Waals surface area contributed by atoms with E-state index >= 15 is 0 Å².